The number of halogens is 1. The van der Waals surface area contributed by atoms with Crippen molar-refractivity contribution in [3.63, 3.8) is 0 Å². The van der Waals surface area contributed by atoms with E-state index in [9.17, 15) is 4.39 Å². The number of nitrogens with one attached hydrogen (secondary N) is 1. The Balaban J connectivity index is 1.83. The molecule has 1 aromatic rings. The molecule has 112 valence electrons. The van der Waals surface area contributed by atoms with Crippen LogP contribution in [0.4, 0.5) is 4.39 Å². The molecule has 1 fully saturated rings. The van der Waals surface area contributed by atoms with Crippen molar-refractivity contribution in [2.75, 3.05) is 6.61 Å². The molecule has 1 aliphatic rings. The fourth-order valence-corrected chi connectivity index (χ4v) is 2.68. The van der Waals surface area contributed by atoms with Gasteiger partial charge >= 0.3 is 0 Å². The van der Waals surface area contributed by atoms with Gasteiger partial charge in [-0.15, -0.1) is 0 Å². The van der Waals surface area contributed by atoms with Crippen LogP contribution in [0.1, 0.15) is 50.7 Å². The summed E-state index contributed by atoms with van der Waals surface area (Å²) < 4.78 is 19.5. The van der Waals surface area contributed by atoms with E-state index in [1.165, 1.54) is 25.7 Å². The van der Waals surface area contributed by atoms with Gasteiger partial charge in [0.1, 0.15) is 5.82 Å². The lowest BCUT2D eigenvalue weighted by atomic mass is 10.1. The van der Waals surface area contributed by atoms with Crippen molar-refractivity contribution in [3.8, 4) is 0 Å². The fraction of sp³-hybridized carbons (Fsp3) is 0.647. The molecule has 0 unspecified atom stereocenters. The zero-order valence-corrected chi connectivity index (χ0v) is 12.6. The summed E-state index contributed by atoms with van der Waals surface area (Å²) >= 11 is 0. The molecular formula is C17H26FNO. The number of hydrogen-bond acceptors (Lipinski definition) is 2. The van der Waals surface area contributed by atoms with Gasteiger partial charge in [0.2, 0.25) is 0 Å². The molecule has 1 N–H and O–H groups in total. The zero-order valence-electron chi connectivity index (χ0n) is 12.6. The molecule has 0 aromatic heterocycles. The van der Waals surface area contributed by atoms with Crippen molar-refractivity contribution in [2.24, 2.45) is 5.92 Å². The molecule has 0 heterocycles. The second-order valence-electron chi connectivity index (χ2n) is 6.13. The van der Waals surface area contributed by atoms with Crippen LogP contribution in [0.5, 0.6) is 0 Å². The summed E-state index contributed by atoms with van der Waals surface area (Å²) in [6.07, 6.45) is 5.17. The molecule has 1 aliphatic carbocycles. The molecule has 2 rings (SSSR count). The van der Waals surface area contributed by atoms with Crippen LogP contribution in [-0.2, 0) is 17.9 Å². The van der Waals surface area contributed by atoms with E-state index in [0.29, 0.717) is 24.1 Å². The Morgan fingerprint density at radius 1 is 1.30 bits per heavy atom. The Morgan fingerprint density at radius 3 is 2.75 bits per heavy atom. The van der Waals surface area contributed by atoms with Gasteiger partial charge < -0.3 is 10.1 Å². The molecule has 0 aliphatic heterocycles. The predicted molar refractivity (Wildman–Crippen MR) is 80.0 cm³/mol. The van der Waals surface area contributed by atoms with Crippen LogP contribution >= 0.6 is 0 Å². The molecule has 0 saturated heterocycles. The molecule has 1 saturated carbocycles. The van der Waals surface area contributed by atoms with Gasteiger partial charge in [-0.05, 0) is 36.5 Å². The molecule has 0 bridgehead atoms. The number of ether oxygens (including phenoxy) is 1. The van der Waals surface area contributed by atoms with Crippen LogP contribution in [0.25, 0.3) is 0 Å². The monoisotopic (exact) mass is 279 g/mol. The largest absolute Gasteiger partial charge is 0.376 e. The highest BCUT2D eigenvalue weighted by Gasteiger charge is 2.15. The van der Waals surface area contributed by atoms with Crippen LogP contribution in [-0.4, -0.2) is 12.6 Å². The topological polar surface area (TPSA) is 21.3 Å². The Bertz CT molecular complexity index is 413. The van der Waals surface area contributed by atoms with Gasteiger partial charge in [0, 0.05) is 24.8 Å². The van der Waals surface area contributed by atoms with Gasteiger partial charge in [0.25, 0.3) is 0 Å². The van der Waals surface area contributed by atoms with E-state index in [0.717, 1.165) is 18.7 Å². The maximum Gasteiger partial charge on any atom is 0.128 e. The lowest BCUT2D eigenvalue weighted by molar-refractivity contribution is 0.0869. The summed E-state index contributed by atoms with van der Waals surface area (Å²) in [5.74, 6) is 0.522. The molecular weight excluding hydrogens is 253 g/mol. The van der Waals surface area contributed by atoms with E-state index >= 15 is 0 Å². The minimum absolute atomic E-state index is 0.162. The average Bonchev–Trinajstić information content (AvgIpc) is 2.92. The first-order valence-electron chi connectivity index (χ1n) is 7.73. The molecule has 20 heavy (non-hydrogen) atoms. The first-order chi connectivity index (χ1) is 9.65. The van der Waals surface area contributed by atoms with Crippen molar-refractivity contribution < 1.29 is 9.13 Å². The lowest BCUT2D eigenvalue weighted by Gasteiger charge is -2.12. The number of rotatable bonds is 7. The highest BCUT2D eigenvalue weighted by atomic mass is 19.1. The number of hydrogen-bond donors (Lipinski definition) is 1. The Kier molecular flexibility index (Phi) is 5.99. The summed E-state index contributed by atoms with van der Waals surface area (Å²) in [6.45, 7) is 6.14. The quantitative estimate of drug-likeness (QED) is 0.813. The van der Waals surface area contributed by atoms with Crippen LogP contribution < -0.4 is 5.32 Å². The Morgan fingerprint density at radius 2 is 2.05 bits per heavy atom. The van der Waals surface area contributed by atoms with Crippen LogP contribution in [0.15, 0.2) is 18.2 Å². The van der Waals surface area contributed by atoms with Crippen LogP contribution in [0, 0.1) is 11.7 Å². The summed E-state index contributed by atoms with van der Waals surface area (Å²) in [7, 11) is 0. The maximum absolute atomic E-state index is 13.8. The summed E-state index contributed by atoms with van der Waals surface area (Å²) in [5, 5.41) is 3.35. The third kappa shape index (κ3) is 4.88. The zero-order chi connectivity index (χ0) is 14.4. The van der Waals surface area contributed by atoms with Gasteiger partial charge in [-0.3, -0.25) is 0 Å². The Hall–Kier alpha value is -0.930. The molecule has 3 heteroatoms. The summed E-state index contributed by atoms with van der Waals surface area (Å²) in [5.41, 5.74) is 1.78. The molecule has 1 aromatic carbocycles. The van der Waals surface area contributed by atoms with Crippen molar-refractivity contribution >= 4 is 0 Å². The SMILES string of the molecule is CC(C)NCc1ccc(F)c(COCC2CCCC2)c1. The molecule has 2 nitrogen and oxygen atoms in total. The average molecular weight is 279 g/mol. The van der Waals surface area contributed by atoms with E-state index in [2.05, 4.69) is 19.2 Å². The standard InChI is InChI=1S/C17H26FNO/c1-13(2)19-10-15-7-8-17(18)16(9-15)12-20-11-14-5-3-4-6-14/h7-9,13-14,19H,3-6,10-12H2,1-2H3. The first-order valence-corrected chi connectivity index (χ1v) is 7.73. The van der Waals surface area contributed by atoms with Crippen molar-refractivity contribution in [2.45, 2.75) is 58.7 Å². The third-order valence-electron chi connectivity index (χ3n) is 3.91. The minimum Gasteiger partial charge on any atom is -0.376 e. The third-order valence-corrected chi connectivity index (χ3v) is 3.91. The Labute approximate surface area is 121 Å². The summed E-state index contributed by atoms with van der Waals surface area (Å²) in [4.78, 5) is 0. The van der Waals surface area contributed by atoms with Crippen molar-refractivity contribution in [1.82, 2.24) is 5.32 Å². The van der Waals surface area contributed by atoms with Gasteiger partial charge in [0.05, 0.1) is 6.61 Å². The van der Waals surface area contributed by atoms with Crippen LogP contribution in [0.2, 0.25) is 0 Å². The molecule has 0 spiro atoms. The van der Waals surface area contributed by atoms with Crippen LogP contribution in [0.3, 0.4) is 0 Å². The smallest absolute Gasteiger partial charge is 0.128 e. The molecule has 0 amide bonds. The normalized spacial score (nSPS) is 16.2. The van der Waals surface area contributed by atoms with Gasteiger partial charge in [-0.25, -0.2) is 4.39 Å². The van der Waals surface area contributed by atoms with E-state index < -0.39 is 0 Å². The maximum atomic E-state index is 13.8. The molecule has 0 atom stereocenters. The van der Waals surface area contributed by atoms with E-state index in [-0.39, 0.29) is 5.82 Å². The second kappa shape index (κ2) is 7.75. The fourth-order valence-electron chi connectivity index (χ4n) is 2.68. The highest BCUT2D eigenvalue weighted by Crippen LogP contribution is 2.25. The van der Waals surface area contributed by atoms with Crippen molar-refractivity contribution in [3.05, 3.63) is 35.1 Å². The van der Waals surface area contributed by atoms with Gasteiger partial charge in [0.15, 0.2) is 0 Å². The van der Waals surface area contributed by atoms with Crippen molar-refractivity contribution in [1.29, 1.82) is 0 Å². The second-order valence-corrected chi connectivity index (χ2v) is 6.13. The van der Waals surface area contributed by atoms with E-state index in [4.69, 9.17) is 4.74 Å². The molecule has 0 radical (unpaired) electrons. The summed E-state index contributed by atoms with van der Waals surface area (Å²) in [6, 6.07) is 5.73. The number of benzene rings is 1. The van der Waals surface area contributed by atoms with E-state index in [1.54, 1.807) is 6.07 Å². The predicted octanol–water partition coefficient (Wildman–Crippen LogP) is 4.03. The first kappa shape index (κ1) is 15.5. The van der Waals surface area contributed by atoms with E-state index in [1.807, 2.05) is 12.1 Å². The van der Waals surface area contributed by atoms with Gasteiger partial charge in [-0.2, -0.15) is 0 Å². The highest BCUT2D eigenvalue weighted by molar-refractivity contribution is 5.24. The van der Waals surface area contributed by atoms with Gasteiger partial charge in [-0.1, -0.05) is 32.8 Å². The lowest BCUT2D eigenvalue weighted by Crippen LogP contribution is -2.21. The minimum atomic E-state index is -0.162.